The average molecular weight is 428 g/mol. The van der Waals surface area contributed by atoms with Crippen LogP contribution in [0.5, 0.6) is 0 Å². The van der Waals surface area contributed by atoms with Gasteiger partial charge in [0, 0.05) is 12.2 Å². The van der Waals surface area contributed by atoms with Crippen molar-refractivity contribution in [3.8, 4) is 0 Å². The molecule has 0 aliphatic carbocycles. The molecule has 7 nitrogen and oxygen atoms in total. The van der Waals surface area contributed by atoms with Gasteiger partial charge in [0.05, 0.1) is 30.9 Å². The molecule has 2 aromatic carbocycles. The van der Waals surface area contributed by atoms with Gasteiger partial charge in [0.25, 0.3) is 0 Å². The molecule has 2 rings (SSSR count). The number of carbonyl (C=O) groups is 3. The Morgan fingerprint density at radius 2 is 1.47 bits per heavy atom. The number of halogens is 4. The molecule has 2 N–H and O–H groups in total. The van der Waals surface area contributed by atoms with Gasteiger partial charge in [-0.3, -0.25) is 0 Å². The normalized spacial score (nSPS) is 10.9. The lowest BCUT2D eigenvalue weighted by Crippen LogP contribution is -2.28. The summed E-state index contributed by atoms with van der Waals surface area (Å²) in [4.78, 5) is 35.6. The first kappa shape index (κ1) is 22.7. The van der Waals surface area contributed by atoms with E-state index in [-0.39, 0.29) is 22.4 Å². The SMILES string of the molecule is COC(=O)c1cc(NC(=O)NCc2cc(F)cc(C(F)(F)F)c2)cc(C(=O)OC)c1. The molecule has 2 aromatic rings. The summed E-state index contributed by atoms with van der Waals surface area (Å²) in [5.74, 6) is -2.65. The van der Waals surface area contributed by atoms with Crippen molar-refractivity contribution < 1.29 is 41.4 Å². The Morgan fingerprint density at radius 3 is 1.97 bits per heavy atom. The predicted octanol–water partition coefficient (Wildman–Crippen LogP) is 3.74. The first-order valence-electron chi connectivity index (χ1n) is 8.26. The summed E-state index contributed by atoms with van der Waals surface area (Å²) in [5, 5.41) is 4.59. The van der Waals surface area contributed by atoms with Gasteiger partial charge in [-0.15, -0.1) is 0 Å². The maximum Gasteiger partial charge on any atom is 0.416 e. The van der Waals surface area contributed by atoms with Gasteiger partial charge in [0.2, 0.25) is 0 Å². The Labute approximate surface area is 168 Å². The minimum Gasteiger partial charge on any atom is -0.465 e. The fourth-order valence-electron chi connectivity index (χ4n) is 2.44. The summed E-state index contributed by atoms with van der Waals surface area (Å²) in [5.41, 5.74) is -1.37. The molecular weight excluding hydrogens is 412 g/mol. The molecule has 30 heavy (non-hydrogen) atoms. The van der Waals surface area contributed by atoms with Crippen molar-refractivity contribution in [3.63, 3.8) is 0 Å². The van der Waals surface area contributed by atoms with E-state index in [9.17, 15) is 31.9 Å². The van der Waals surface area contributed by atoms with E-state index in [1.807, 2.05) is 0 Å². The summed E-state index contributed by atoms with van der Waals surface area (Å²) < 4.78 is 60.8. The lowest BCUT2D eigenvalue weighted by atomic mass is 10.1. The van der Waals surface area contributed by atoms with Crippen LogP contribution in [0.2, 0.25) is 0 Å². The lowest BCUT2D eigenvalue weighted by molar-refractivity contribution is -0.137. The number of hydrogen-bond donors (Lipinski definition) is 2. The van der Waals surface area contributed by atoms with Crippen LogP contribution in [0.3, 0.4) is 0 Å². The average Bonchev–Trinajstić information content (AvgIpc) is 2.69. The van der Waals surface area contributed by atoms with E-state index in [0.717, 1.165) is 20.3 Å². The monoisotopic (exact) mass is 428 g/mol. The van der Waals surface area contributed by atoms with Crippen LogP contribution < -0.4 is 10.6 Å². The van der Waals surface area contributed by atoms with E-state index >= 15 is 0 Å². The van der Waals surface area contributed by atoms with Crippen LogP contribution in [0.25, 0.3) is 0 Å². The molecule has 0 heterocycles. The van der Waals surface area contributed by atoms with Crippen LogP contribution in [-0.4, -0.2) is 32.2 Å². The Balaban J connectivity index is 2.15. The molecule has 160 valence electrons. The molecule has 0 aromatic heterocycles. The molecule has 0 atom stereocenters. The van der Waals surface area contributed by atoms with Gasteiger partial charge >= 0.3 is 24.1 Å². The fraction of sp³-hybridized carbons (Fsp3) is 0.211. The third-order valence-corrected chi connectivity index (χ3v) is 3.77. The van der Waals surface area contributed by atoms with Crippen molar-refractivity contribution in [1.82, 2.24) is 5.32 Å². The smallest absolute Gasteiger partial charge is 0.416 e. The first-order valence-corrected chi connectivity index (χ1v) is 8.26. The van der Waals surface area contributed by atoms with Gasteiger partial charge < -0.3 is 20.1 Å². The van der Waals surface area contributed by atoms with Gasteiger partial charge in [-0.05, 0) is 42.0 Å². The highest BCUT2D eigenvalue weighted by Gasteiger charge is 2.31. The van der Waals surface area contributed by atoms with Crippen LogP contribution in [0.4, 0.5) is 28.0 Å². The maximum absolute atomic E-state index is 13.4. The van der Waals surface area contributed by atoms with E-state index in [1.165, 1.54) is 18.2 Å². The first-order chi connectivity index (χ1) is 14.0. The van der Waals surface area contributed by atoms with E-state index in [1.54, 1.807) is 0 Å². The molecule has 0 spiro atoms. The van der Waals surface area contributed by atoms with Crippen LogP contribution >= 0.6 is 0 Å². The third kappa shape index (κ3) is 5.93. The minimum atomic E-state index is -4.74. The molecule has 0 radical (unpaired) electrons. The number of benzene rings is 2. The number of alkyl halides is 3. The van der Waals surface area contributed by atoms with E-state index in [2.05, 4.69) is 20.1 Å². The number of anilines is 1. The summed E-state index contributed by atoms with van der Waals surface area (Å²) >= 11 is 0. The largest absolute Gasteiger partial charge is 0.465 e. The standard InChI is InChI=1S/C19H16F4N2O5/c1-29-16(26)11-5-12(17(27)30-2)7-15(6-11)25-18(28)24-9-10-3-13(19(21,22)23)8-14(20)4-10/h3-8H,9H2,1-2H3,(H2,24,25,28). The van der Waals surface area contributed by atoms with Gasteiger partial charge in [-0.25, -0.2) is 18.8 Å². The summed E-state index contributed by atoms with van der Waals surface area (Å²) in [6, 6.07) is 4.68. The second kappa shape index (κ2) is 9.25. The van der Waals surface area contributed by atoms with Gasteiger partial charge in [-0.1, -0.05) is 0 Å². The number of esters is 2. The third-order valence-electron chi connectivity index (χ3n) is 3.77. The molecule has 0 fully saturated rings. The number of nitrogens with one attached hydrogen (secondary N) is 2. The zero-order valence-electron chi connectivity index (χ0n) is 15.7. The number of methoxy groups -OCH3 is 2. The van der Waals surface area contributed by atoms with Gasteiger partial charge in [-0.2, -0.15) is 13.2 Å². The molecule has 0 saturated carbocycles. The Hall–Kier alpha value is -3.63. The zero-order valence-corrected chi connectivity index (χ0v) is 15.7. The quantitative estimate of drug-likeness (QED) is 0.559. The molecule has 0 aliphatic rings. The molecular formula is C19H16F4N2O5. The number of amides is 2. The van der Waals surface area contributed by atoms with Crippen molar-refractivity contribution in [2.45, 2.75) is 12.7 Å². The summed E-state index contributed by atoms with van der Waals surface area (Å²) in [7, 11) is 2.25. The zero-order chi connectivity index (χ0) is 22.5. The minimum absolute atomic E-state index is 0.0195. The van der Waals surface area contributed by atoms with E-state index in [4.69, 9.17) is 0 Å². The van der Waals surface area contributed by atoms with Crippen molar-refractivity contribution in [3.05, 3.63) is 64.5 Å². The summed E-state index contributed by atoms with van der Waals surface area (Å²) in [6.45, 7) is -0.409. The highest BCUT2D eigenvalue weighted by Crippen LogP contribution is 2.30. The summed E-state index contributed by atoms with van der Waals surface area (Å²) in [6.07, 6.45) is -4.74. The molecule has 0 bridgehead atoms. The Kier molecular flexibility index (Phi) is 6.98. The van der Waals surface area contributed by atoms with Crippen molar-refractivity contribution in [2.75, 3.05) is 19.5 Å². The molecule has 11 heteroatoms. The second-order valence-corrected chi connectivity index (χ2v) is 5.94. The van der Waals surface area contributed by atoms with Gasteiger partial charge in [0.15, 0.2) is 0 Å². The van der Waals surface area contributed by atoms with Crippen LogP contribution in [0, 0.1) is 5.82 Å². The number of urea groups is 1. The highest BCUT2D eigenvalue weighted by atomic mass is 19.4. The van der Waals surface area contributed by atoms with E-state index in [0.29, 0.717) is 12.1 Å². The Morgan fingerprint density at radius 1 is 0.900 bits per heavy atom. The van der Waals surface area contributed by atoms with Crippen molar-refractivity contribution in [2.24, 2.45) is 0 Å². The molecule has 0 aliphatic heterocycles. The van der Waals surface area contributed by atoms with Crippen LogP contribution in [-0.2, 0) is 22.2 Å². The van der Waals surface area contributed by atoms with Crippen molar-refractivity contribution in [1.29, 1.82) is 0 Å². The predicted molar refractivity (Wildman–Crippen MR) is 96.4 cm³/mol. The number of carbonyl (C=O) groups excluding carboxylic acids is 3. The molecule has 2 amide bonds. The topological polar surface area (TPSA) is 93.7 Å². The lowest BCUT2D eigenvalue weighted by Gasteiger charge is -2.12. The molecule has 0 unspecified atom stereocenters. The van der Waals surface area contributed by atoms with E-state index < -0.39 is 42.1 Å². The second-order valence-electron chi connectivity index (χ2n) is 5.94. The van der Waals surface area contributed by atoms with Crippen LogP contribution in [0.1, 0.15) is 31.8 Å². The van der Waals surface area contributed by atoms with Gasteiger partial charge in [0.1, 0.15) is 5.82 Å². The maximum atomic E-state index is 13.4. The fourth-order valence-corrected chi connectivity index (χ4v) is 2.44. The number of rotatable bonds is 5. The Bertz CT molecular complexity index is 942. The number of ether oxygens (including phenoxy) is 2. The van der Waals surface area contributed by atoms with Crippen molar-refractivity contribution >= 4 is 23.7 Å². The van der Waals surface area contributed by atoms with Crippen LogP contribution in [0.15, 0.2) is 36.4 Å². The molecule has 0 saturated heterocycles. The number of hydrogen-bond acceptors (Lipinski definition) is 5. The highest BCUT2D eigenvalue weighted by molar-refractivity contribution is 5.99.